The van der Waals surface area contributed by atoms with Crippen LogP contribution in [0.4, 0.5) is 20.3 Å². The highest BCUT2D eigenvalue weighted by molar-refractivity contribution is 5.50. The van der Waals surface area contributed by atoms with Crippen LogP contribution in [0.1, 0.15) is 17.7 Å². The summed E-state index contributed by atoms with van der Waals surface area (Å²) in [5, 5.41) is 10.5. The van der Waals surface area contributed by atoms with Crippen molar-refractivity contribution >= 4 is 11.5 Å². The average molecular weight is 218 g/mol. The van der Waals surface area contributed by atoms with Gasteiger partial charge in [0.15, 0.2) is 0 Å². The van der Waals surface area contributed by atoms with E-state index >= 15 is 0 Å². The Hall–Kier alpha value is -1.83. The topological polar surface area (TPSA) is 108 Å². The maximum Gasteiger partial charge on any atom is 0.281 e. The van der Waals surface area contributed by atoms with Crippen LogP contribution in [0.2, 0.25) is 0 Å². The molecule has 0 atom stereocenters. The molecule has 1 rings (SSSR count). The minimum absolute atomic E-state index is 0.288. The number of alkyl halides is 2. The lowest BCUT2D eigenvalue weighted by Crippen LogP contribution is -2.10. The molecule has 4 N–H and O–H groups in total. The molecule has 6 nitrogen and oxygen atoms in total. The minimum atomic E-state index is -2.94. The molecule has 0 spiro atoms. The number of anilines is 1. The Morgan fingerprint density at radius 1 is 1.60 bits per heavy atom. The molecule has 0 amide bonds. The van der Waals surface area contributed by atoms with Crippen molar-refractivity contribution in [3.05, 3.63) is 27.4 Å². The van der Waals surface area contributed by atoms with Gasteiger partial charge in [0.25, 0.3) is 12.1 Å². The number of nitro groups is 1. The van der Waals surface area contributed by atoms with Gasteiger partial charge in [0.1, 0.15) is 11.5 Å². The van der Waals surface area contributed by atoms with Crippen molar-refractivity contribution in [3.63, 3.8) is 0 Å². The molecule has 1 heterocycles. The second-order valence-electron chi connectivity index (χ2n) is 2.69. The van der Waals surface area contributed by atoms with Gasteiger partial charge in [0, 0.05) is 6.54 Å². The first-order valence-electron chi connectivity index (χ1n) is 3.89. The normalized spacial score (nSPS) is 10.7. The van der Waals surface area contributed by atoms with E-state index in [0.717, 1.165) is 6.07 Å². The predicted octanol–water partition coefficient (Wildman–Crippen LogP) is 0.968. The summed E-state index contributed by atoms with van der Waals surface area (Å²) < 4.78 is 24.9. The van der Waals surface area contributed by atoms with Crippen molar-refractivity contribution < 1.29 is 13.7 Å². The van der Waals surface area contributed by atoms with Crippen molar-refractivity contribution in [1.82, 2.24) is 4.98 Å². The molecule has 0 aliphatic heterocycles. The van der Waals surface area contributed by atoms with Crippen LogP contribution in [-0.2, 0) is 6.54 Å². The molecule has 0 aliphatic rings. The molecule has 0 bridgehead atoms. The third-order valence-electron chi connectivity index (χ3n) is 1.76. The molecule has 15 heavy (non-hydrogen) atoms. The molecule has 1 aromatic heterocycles. The van der Waals surface area contributed by atoms with E-state index in [0.29, 0.717) is 0 Å². The highest BCUT2D eigenvalue weighted by Crippen LogP contribution is 2.29. The fourth-order valence-electron chi connectivity index (χ4n) is 1.15. The van der Waals surface area contributed by atoms with Crippen molar-refractivity contribution in [1.29, 1.82) is 0 Å². The average Bonchev–Trinajstić information content (AvgIpc) is 2.16. The first kappa shape index (κ1) is 11.2. The minimum Gasteiger partial charge on any atom is -0.383 e. The Morgan fingerprint density at radius 3 is 2.60 bits per heavy atom. The Bertz CT molecular complexity index is 397. The Morgan fingerprint density at radius 2 is 2.20 bits per heavy atom. The summed E-state index contributed by atoms with van der Waals surface area (Å²) in [6.45, 7) is -0.386. The zero-order valence-electron chi connectivity index (χ0n) is 7.48. The molecular weight excluding hydrogens is 210 g/mol. The van der Waals surface area contributed by atoms with Crippen molar-refractivity contribution in [2.24, 2.45) is 5.73 Å². The van der Waals surface area contributed by atoms with Crippen LogP contribution in [0, 0.1) is 10.1 Å². The molecule has 0 fully saturated rings. The lowest BCUT2D eigenvalue weighted by atomic mass is 10.1. The lowest BCUT2D eigenvalue weighted by molar-refractivity contribution is -0.385. The molecule has 0 aliphatic carbocycles. The van der Waals surface area contributed by atoms with Gasteiger partial charge in [0.05, 0.1) is 16.6 Å². The van der Waals surface area contributed by atoms with Gasteiger partial charge in [-0.25, -0.2) is 13.8 Å². The standard InChI is InChI=1S/C7H8F2N4O2/c8-7(9)6-3(2-10)4(13(14)15)1-5(11)12-6/h1,7H,2,10H2,(H2,11,12). The van der Waals surface area contributed by atoms with Gasteiger partial charge in [-0.3, -0.25) is 10.1 Å². The monoisotopic (exact) mass is 218 g/mol. The Kier molecular flexibility index (Phi) is 3.10. The van der Waals surface area contributed by atoms with Crippen LogP contribution < -0.4 is 11.5 Å². The second kappa shape index (κ2) is 4.13. The van der Waals surface area contributed by atoms with Crippen LogP contribution in [0.15, 0.2) is 6.07 Å². The fourth-order valence-corrected chi connectivity index (χ4v) is 1.15. The third-order valence-corrected chi connectivity index (χ3v) is 1.76. The van der Waals surface area contributed by atoms with Crippen LogP contribution in [0.5, 0.6) is 0 Å². The van der Waals surface area contributed by atoms with E-state index in [4.69, 9.17) is 11.5 Å². The molecule has 1 aromatic rings. The molecule has 0 saturated heterocycles. The van der Waals surface area contributed by atoms with E-state index < -0.39 is 22.7 Å². The maximum atomic E-state index is 12.4. The van der Waals surface area contributed by atoms with Crippen molar-refractivity contribution in [2.45, 2.75) is 13.0 Å². The Labute approximate surface area is 83.0 Å². The zero-order valence-corrected chi connectivity index (χ0v) is 7.48. The number of pyridine rings is 1. The third kappa shape index (κ3) is 2.15. The van der Waals surface area contributed by atoms with Gasteiger partial charge in [-0.1, -0.05) is 0 Å². The quantitative estimate of drug-likeness (QED) is 0.580. The summed E-state index contributed by atoms with van der Waals surface area (Å²) in [5.74, 6) is -0.325. The highest BCUT2D eigenvalue weighted by Gasteiger charge is 2.24. The van der Waals surface area contributed by atoms with E-state index in [1.54, 1.807) is 0 Å². The van der Waals surface area contributed by atoms with Gasteiger partial charge >= 0.3 is 0 Å². The molecule has 8 heteroatoms. The molecule has 0 unspecified atom stereocenters. The number of rotatable bonds is 3. The van der Waals surface area contributed by atoms with Crippen molar-refractivity contribution in [3.8, 4) is 0 Å². The first-order valence-corrected chi connectivity index (χ1v) is 3.89. The first-order chi connectivity index (χ1) is 6.97. The Balaban J connectivity index is 3.45. The summed E-state index contributed by atoms with van der Waals surface area (Å²) in [6, 6.07) is 0.911. The summed E-state index contributed by atoms with van der Waals surface area (Å²) in [6.07, 6.45) is -2.94. The van der Waals surface area contributed by atoms with Crippen LogP contribution in [-0.4, -0.2) is 9.91 Å². The highest BCUT2D eigenvalue weighted by atomic mass is 19.3. The molecule has 0 saturated carbocycles. The zero-order chi connectivity index (χ0) is 11.6. The smallest absolute Gasteiger partial charge is 0.281 e. The molecular formula is C7H8F2N4O2. The predicted molar refractivity (Wildman–Crippen MR) is 48.2 cm³/mol. The SMILES string of the molecule is NCc1c([N+](=O)[O-])cc(N)nc1C(F)F. The van der Waals surface area contributed by atoms with E-state index in [-0.39, 0.29) is 17.9 Å². The maximum absolute atomic E-state index is 12.4. The number of nitrogen functional groups attached to an aromatic ring is 1. The van der Waals surface area contributed by atoms with E-state index in [1.807, 2.05) is 0 Å². The lowest BCUT2D eigenvalue weighted by Gasteiger charge is -2.07. The van der Waals surface area contributed by atoms with Crippen LogP contribution in [0.25, 0.3) is 0 Å². The number of nitrogens with two attached hydrogens (primary N) is 2. The van der Waals surface area contributed by atoms with E-state index in [1.165, 1.54) is 0 Å². The van der Waals surface area contributed by atoms with E-state index in [9.17, 15) is 18.9 Å². The molecule has 82 valence electrons. The van der Waals surface area contributed by atoms with Gasteiger partial charge in [0.2, 0.25) is 0 Å². The summed E-state index contributed by atoms with van der Waals surface area (Å²) in [7, 11) is 0. The van der Waals surface area contributed by atoms with Crippen LogP contribution in [0.3, 0.4) is 0 Å². The molecule has 0 aromatic carbocycles. The van der Waals surface area contributed by atoms with Gasteiger partial charge < -0.3 is 11.5 Å². The van der Waals surface area contributed by atoms with Gasteiger partial charge in [-0.2, -0.15) is 0 Å². The summed E-state index contributed by atoms with van der Waals surface area (Å²) in [5.41, 5.74) is 8.78. The van der Waals surface area contributed by atoms with E-state index in [2.05, 4.69) is 4.98 Å². The fraction of sp³-hybridized carbons (Fsp3) is 0.286. The number of nitrogens with zero attached hydrogens (tertiary/aromatic N) is 2. The largest absolute Gasteiger partial charge is 0.383 e. The second-order valence-corrected chi connectivity index (χ2v) is 2.69. The summed E-state index contributed by atoms with van der Waals surface area (Å²) >= 11 is 0. The number of hydrogen-bond acceptors (Lipinski definition) is 5. The van der Waals surface area contributed by atoms with Gasteiger partial charge in [-0.15, -0.1) is 0 Å². The molecule has 0 radical (unpaired) electrons. The van der Waals surface area contributed by atoms with Gasteiger partial charge in [-0.05, 0) is 0 Å². The van der Waals surface area contributed by atoms with Crippen LogP contribution >= 0.6 is 0 Å². The van der Waals surface area contributed by atoms with Crippen molar-refractivity contribution in [2.75, 3.05) is 5.73 Å². The number of halogens is 2. The number of aromatic nitrogens is 1. The number of hydrogen-bond donors (Lipinski definition) is 2. The summed E-state index contributed by atoms with van der Waals surface area (Å²) in [4.78, 5) is 13.0.